The van der Waals surface area contributed by atoms with Gasteiger partial charge in [0.2, 0.25) is 0 Å². The first-order valence-electron chi connectivity index (χ1n) is 10.0. The van der Waals surface area contributed by atoms with Crippen molar-refractivity contribution in [3.8, 4) is 11.5 Å². The van der Waals surface area contributed by atoms with Crippen LogP contribution in [0.3, 0.4) is 0 Å². The number of amides is 1. The second kappa shape index (κ2) is 12.8. The van der Waals surface area contributed by atoms with Crippen LogP contribution in [-0.2, 0) is 0 Å². The molecule has 27 heavy (non-hydrogen) atoms. The second-order valence-electron chi connectivity index (χ2n) is 6.99. The lowest BCUT2D eigenvalue weighted by molar-refractivity contribution is 0.0686. The molecule has 5 nitrogen and oxygen atoms in total. The van der Waals surface area contributed by atoms with Crippen molar-refractivity contribution < 1.29 is 14.3 Å². The molecule has 0 aromatic heterocycles. The minimum atomic E-state index is 0. The van der Waals surface area contributed by atoms with Crippen LogP contribution in [-0.4, -0.2) is 50.7 Å². The number of hydrogen-bond donors (Lipinski definition) is 1. The zero-order valence-corrected chi connectivity index (χ0v) is 17.8. The third kappa shape index (κ3) is 7.23. The zero-order chi connectivity index (χ0) is 18.8. The van der Waals surface area contributed by atoms with Gasteiger partial charge >= 0.3 is 0 Å². The van der Waals surface area contributed by atoms with E-state index in [4.69, 9.17) is 9.47 Å². The highest BCUT2D eigenvalue weighted by Gasteiger charge is 2.24. The molecule has 1 aromatic rings. The molecule has 2 rings (SSSR count). The van der Waals surface area contributed by atoms with Crippen molar-refractivity contribution in [2.24, 2.45) is 5.92 Å². The SMILES string of the molecule is CCCOc1ccc(C(=O)N2CCC(CCNC)CC2)cc1OCCC.Cl. The first-order valence-corrected chi connectivity index (χ1v) is 10.0. The highest BCUT2D eigenvalue weighted by molar-refractivity contribution is 5.95. The van der Waals surface area contributed by atoms with E-state index < -0.39 is 0 Å². The predicted octanol–water partition coefficient (Wildman–Crippen LogP) is 4.15. The van der Waals surface area contributed by atoms with E-state index >= 15 is 0 Å². The molecule has 0 radical (unpaired) electrons. The Morgan fingerprint density at radius 1 is 1.11 bits per heavy atom. The second-order valence-corrected chi connectivity index (χ2v) is 6.99. The Labute approximate surface area is 170 Å². The van der Waals surface area contributed by atoms with Crippen LogP contribution in [0, 0.1) is 5.92 Å². The summed E-state index contributed by atoms with van der Waals surface area (Å²) in [6, 6.07) is 5.57. The molecule has 0 saturated carbocycles. The summed E-state index contributed by atoms with van der Waals surface area (Å²) >= 11 is 0. The molecule has 6 heteroatoms. The van der Waals surface area contributed by atoms with Crippen LogP contribution in [0.5, 0.6) is 11.5 Å². The van der Waals surface area contributed by atoms with Gasteiger partial charge in [0.25, 0.3) is 5.91 Å². The van der Waals surface area contributed by atoms with Gasteiger partial charge in [-0.25, -0.2) is 0 Å². The summed E-state index contributed by atoms with van der Waals surface area (Å²) in [5.74, 6) is 2.22. The normalized spacial score (nSPS) is 14.6. The van der Waals surface area contributed by atoms with Gasteiger partial charge < -0.3 is 19.7 Å². The standard InChI is InChI=1S/C21H34N2O3.ClH/c1-4-14-25-19-7-6-18(16-20(19)26-15-5-2)21(24)23-12-9-17(10-13-23)8-11-22-3;/h6-7,16-17,22H,4-5,8-15H2,1-3H3;1H. The highest BCUT2D eigenvalue weighted by Crippen LogP contribution is 2.30. The molecule has 0 aliphatic carbocycles. The average Bonchev–Trinajstić information content (AvgIpc) is 2.69. The number of benzene rings is 1. The number of ether oxygens (including phenoxy) is 2. The van der Waals surface area contributed by atoms with Crippen molar-refractivity contribution in [1.29, 1.82) is 0 Å². The van der Waals surface area contributed by atoms with Crippen molar-refractivity contribution in [2.45, 2.75) is 46.0 Å². The number of nitrogens with one attached hydrogen (secondary N) is 1. The summed E-state index contributed by atoms with van der Waals surface area (Å²) in [6.45, 7) is 8.15. The molecular weight excluding hydrogens is 364 g/mol. The molecule has 1 aliphatic heterocycles. The Balaban J connectivity index is 0.00000364. The van der Waals surface area contributed by atoms with Crippen LogP contribution in [0.1, 0.15) is 56.3 Å². The van der Waals surface area contributed by atoms with Gasteiger partial charge in [-0.3, -0.25) is 4.79 Å². The quantitative estimate of drug-likeness (QED) is 0.643. The van der Waals surface area contributed by atoms with E-state index in [-0.39, 0.29) is 18.3 Å². The molecule has 0 atom stereocenters. The zero-order valence-electron chi connectivity index (χ0n) is 17.0. The summed E-state index contributed by atoms with van der Waals surface area (Å²) in [5, 5.41) is 3.21. The van der Waals surface area contributed by atoms with E-state index in [2.05, 4.69) is 19.2 Å². The van der Waals surface area contributed by atoms with Crippen molar-refractivity contribution in [2.75, 3.05) is 39.9 Å². The van der Waals surface area contributed by atoms with Crippen LogP contribution in [0.2, 0.25) is 0 Å². The Hall–Kier alpha value is -1.46. The van der Waals surface area contributed by atoms with Crippen molar-refractivity contribution in [1.82, 2.24) is 10.2 Å². The highest BCUT2D eigenvalue weighted by atomic mass is 35.5. The van der Waals surface area contributed by atoms with E-state index in [1.165, 1.54) is 6.42 Å². The molecule has 1 amide bonds. The minimum Gasteiger partial charge on any atom is -0.490 e. The lowest BCUT2D eigenvalue weighted by Gasteiger charge is -2.32. The third-order valence-corrected chi connectivity index (χ3v) is 4.82. The first-order chi connectivity index (χ1) is 12.7. The number of carbonyl (C=O) groups excluding carboxylic acids is 1. The van der Waals surface area contributed by atoms with Crippen LogP contribution in [0.25, 0.3) is 0 Å². The number of likely N-dealkylation sites (tertiary alicyclic amines) is 1. The number of halogens is 1. The summed E-state index contributed by atoms with van der Waals surface area (Å²) in [4.78, 5) is 14.9. The number of hydrogen-bond acceptors (Lipinski definition) is 4. The van der Waals surface area contributed by atoms with Gasteiger partial charge in [0, 0.05) is 18.7 Å². The predicted molar refractivity (Wildman–Crippen MR) is 112 cm³/mol. The van der Waals surface area contributed by atoms with Crippen LogP contribution >= 0.6 is 12.4 Å². The van der Waals surface area contributed by atoms with Gasteiger partial charge in [0.1, 0.15) is 0 Å². The fourth-order valence-corrected chi connectivity index (χ4v) is 3.25. The molecule has 0 unspecified atom stereocenters. The van der Waals surface area contributed by atoms with E-state index in [1.807, 2.05) is 30.1 Å². The van der Waals surface area contributed by atoms with Crippen LogP contribution in [0.15, 0.2) is 18.2 Å². The Bertz CT molecular complexity index is 560. The molecule has 1 heterocycles. The molecule has 0 spiro atoms. The molecule has 0 bridgehead atoms. The largest absolute Gasteiger partial charge is 0.490 e. The molecular formula is C21H35ClN2O3. The fraction of sp³-hybridized carbons (Fsp3) is 0.667. The number of piperidine rings is 1. The van der Waals surface area contributed by atoms with Gasteiger partial charge in [-0.05, 0) is 69.8 Å². The monoisotopic (exact) mass is 398 g/mol. The summed E-state index contributed by atoms with van der Waals surface area (Å²) in [6.07, 6.45) is 5.23. The smallest absolute Gasteiger partial charge is 0.253 e. The maximum atomic E-state index is 12.9. The fourth-order valence-electron chi connectivity index (χ4n) is 3.25. The molecule has 1 aliphatic rings. The minimum absolute atomic E-state index is 0. The van der Waals surface area contributed by atoms with Crippen LogP contribution < -0.4 is 14.8 Å². The van der Waals surface area contributed by atoms with E-state index in [1.54, 1.807) is 0 Å². The maximum absolute atomic E-state index is 12.9. The number of carbonyl (C=O) groups is 1. The van der Waals surface area contributed by atoms with Crippen molar-refractivity contribution in [3.63, 3.8) is 0 Å². The van der Waals surface area contributed by atoms with E-state index in [0.29, 0.717) is 24.5 Å². The Morgan fingerprint density at radius 3 is 2.33 bits per heavy atom. The third-order valence-electron chi connectivity index (χ3n) is 4.82. The lowest BCUT2D eigenvalue weighted by Crippen LogP contribution is -2.39. The van der Waals surface area contributed by atoms with Crippen molar-refractivity contribution >= 4 is 18.3 Å². The molecule has 1 saturated heterocycles. The molecule has 1 fully saturated rings. The maximum Gasteiger partial charge on any atom is 0.253 e. The Kier molecular flexibility index (Phi) is 11.2. The topological polar surface area (TPSA) is 50.8 Å². The van der Waals surface area contributed by atoms with E-state index in [9.17, 15) is 4.79 Å². The molecule has 1 N–H and O–H groups in total. The van der Waals surface area contributed by atoms with Gasteiger partial charge in [0.15, 0.2) is 11.5 Å². The summed E-state index contributed by atoms with van der Waals surface area (Å²) in [5.41, 5.74) is 0.689. The average molecular weight is 399 g/mol. The molecule has 1 aromatic carbocycles. The van der Waals surface area contributed by atoms with Gasteiger partial charge in [0.05, 0.1) is 13.2 Å². The summed E-state index contributed by atoms with van der Waals surface area (Å²) in [7, 11) is 1.99. The number of nitrogens with zero attached hydrogens (tertiary/aromatic N) is 1. The lowest BCUT2D eigenvalue weighted by atomic mass is 9.93. The summed E-state index contributed by atoms with van der Waals surface area (Å²) < 4.78 is 11.6. The Morgan fingerprint density at radius 2 is 1.74 bits per heavy atom. The van der Waals surface area contributed by atoms with Gasteiger partial charge in [-0.2, -0.15) is 0 Å². The van der Waals surface area contributed by atoms with Gasteiger partial charge in [-0.15, -0.1) is 12.4 Å². The molecule has 154 valence electrons. The van der Waals surface area contributed by atoms with E-state index in [0.717, 1.165) is 57.0 Å². The van der Waals surface area contributed by atoms with Crippen molar-refractivity contribution in [3.05, 3.63) is 23.8 Å². The van der Waals surface area contributed by atoms with Crippen LogP contribution in [0.4, 0.5) is 0 Å². The van der Waals surface area contributed by atoms with Gasteiger partial charge in [-0.1, -0.05) is 13.8 Å². The number of rotatable bonds is 10. The first kappa shape index (κ1) is 23.6.